The zero-order valence-corrected chi connectivity index (χ0v) is 9.21. The molecule has 4 heteroatoms. The summed E-state index contributed by atoms with van der Waals surface area (Å²) >= 11 is 0. The molecule has 0 unspecified atom stereocenters. The highest BCUT2D eigenvalue weighted by molar-refractivity contribution is 5.74. The van der Waals surface area contributed by atoms with Gasteiger partial charge in [-0.3, -0.25) is 0 Å². The minimum atomic E-state index is -0.757. The first-order chi connectivity index (χ1) is 7.75. The summed E-state index contributed by atoms with van der Waals surface area (Å²) in [5, 5.41) is 8.92. The predicted octanol–water partition coefficient (Wildman–Crippen LogP) is 1.58. The van der Waals surface area contributed by atoms with E-state index in [-0.39, 0.29) is 6.04 Å². The first-order valence-corrected chi connectivity index (χ1v) is 5.51. The van der Waals surface area contributed by atoms with Crippen LogP contribution in [0.1, 0.15) is 25.7 Å². The number of aliphatic carboxylic acids is 1. The second-order valence-electron chi connectivity index (χ2n) is 3.75. The molecule has 0 aliphatic carbocycles. The van der Waals surface area contributed by atoms with Crippen molar-refractivity contribution in [3.05, 3.63) is 24.4 Å². The molecule has 0 aromatic rings. The third kappa shape index (κ3) is 3.88. The molecule has 1 fully saturated rings. The van der Waals surface area contributed by atoms with Crippen LogP contribution in [0, 0.1) is 0 Å². The van der Waals surface area contributed by atoms with Gasteiger partial charge >= 0.3 is 5.97 Å². The Labute approximate surface area is 95.2 Å². The predicted molar refractivity (Wildman–Crippen MR) is 60.9 cm³/mol. The van der Waals surface area contributed by atoms with Crippen molar-refractivity contribution in [3.63, 3.8) is 0 Å². The van der Waals surface area contributed by atoms with Crippen LogP contribution < -0.4 is 0 Å². The normalized spacial score (nSPS) is 21.0. The number of carbonyl (C=O) groups is 2. The summed E-state index contributed by atoms with van der Waals surface area (Å²) in [6.45, 7) is 0.801. The number of carbonyl (C=O) groups excluding carboxylic acids is 1. The molecule has 88 valence electrons. The smallest absolute Gasteiger partial charge is 0.326 e. The van der Waals surface area contributed by atoms with E-state index in [9.17, 15) is 9.59 Å². The van der Waals surface area contributed by atoms with Gasteiger partial charge in [-0.05, 0) is 31.5 Å². The van der Waals surface area contributed by atoms with E-state index in [1.807, 2.05) is 29.3 Å². The zero-order chi connectivity index (χ0) is 11.8. The lowest BCUT2D eigenvalue weighted by atomic mass is 10.2. The van der Waals surface area contributed by atoms with Crippen LogP contribution >= 0.6 is 0 Å². The molecule has 0 aromatic carbocycles. The van der Waals surface area contributed by atoms with E-state index in [4.69, 9.17) is 5.11 Å². The third-order valence-corrected chi connectivity index (χ3v) is 2.56. The van der Waals surface area contributed by atoms with E-state index >= 15 is 0 Å². The number of allylic oxidation sites excluding steroid dienone is 3. The molecule has 16 heavy (non-hydrogen) atoms. The largest absolute Gasteiger partial charge is 0.480 e. The van der Waals surface area contributed by atoms with E-state index in [1.165, 1.54) is 0 Å². The van der Waals surface area contributed by atoms with Crippen LogP contribution in [0.3, 0.4) is 0 Å². The second-order valence-corrected chi connectivity index (χ2v) is 3.75. The van der Waals surface area contributed by atoms with Gasteiger partial charge in [-0.1, -0.05) is 12.2 Å². The topological polar surface area (TPSA) is 57.6 Å². The van der Waals surface area contributed by atoms with Gasteiger partial charge in [-0.25, -0.2) is 4.79 Å². The minimum Gasteiger partial charge on any atom is -0.480 e. The number of likely N-dealkylation sites (tertiary alicyclic amines) is 1. The van der Waals surface area contributed by atoms with Gasteiger partial charge in [0.25, 0.3) is 0 Å². The number of nitrogens with zero attached hydrogens (tertiary/aromatic N) is 1. The number of aldehydes is 1. The molecular formula is C12H17NO3. The lowest BCUT2D eigenvalue weighted by Crippen LogP contribution is -2.31. The summed E-state index contributed by atoms with van der Waals surface area (Å²) < 4.78 is 0. The molecule has 1 aliphatic rings. The van der Waals surface area contributed by atoms with Gasteiger partial charge in [0, 0.05) is 13.0 Å². The highest BCUT2D eigenvalue weighted by Crippen LogP contribution is 2.17. The SMILES string of the molecule is O=CCC/C=C\C=C\N1CCC[C@H]1C(=O)O. The van der Waals surface area contributed by atoms with E-state index in [2.05, 4.69) is 0 Å². The zero-order valence-electron chi connectivity index (χ0n) is 9.21. The van der Waals surface area contributed by atoms with Crippen molar-refractivity contribution < 1.29 is 14.7 Å². The Hall–Kier alpha value is -1.58. The van der Waals surface area contributed by atoms with Crippen molar-refractivity contribution in [2.45, 2.75) is 31.7 Å². The number of unbranched alkanes of at least 4 members (excludes halogenated alkanes) is 1. The van der Waals surface area contributed by atoms with Crippen molar-refractivity contribution in [3.8, 4) is 0 Å². The Balaban J connectivity index is 2.35. The summed E-state index contributed by atoms with van der Waals surface area (Å²) in [7, 11) is 0. The number of hydrogen-bond acceptors (Lipinski definition) is 3. The van der Waals surface area contributed by atoms with Crippen LogP contribution in [-0.4, -0.2) is 34.8 Å². The van der Waals surface area contributed by atoms with Gasteiger partial charge in [-0.15, -0.1) is 0 Å². The maximum atomic E-state index is 10.9. The van der Waals surface area contributed by atoms with Crippen LogP contribution in [0.15, 0.2) is 24.4 Å². The van der Waals surface area contributed by atoms with Gasteiger partial charge in [-0.2, -0.15) is 0 Å². The molecule has 1 atom stereocenters. The quantitative estimate of drug-likeness (QED) is 0.422. The molecule has 0 bridgehead atoms. The first-order valence-electron chi connectivity index (χ1n) is 5.51. The van der Waals surface area contributed by atoms with Crippen molar-refractivity contribution >= 4 is 12.3 Å². The van der Waals surface area contributed by atoms with Crippen LogP contribution in [0.5, 0.6) is 0 Å². The van der Waals surface area contributed by atoms with Gasteiger partial charge in [0.15, 0.2) is 0 Å². The molecule has 1 heterocycles. The van der Waals surface area contributed by atoms with Crippen LogP contribution in [0.2, 0.25) is 0 Å². The van der Waals surface area contributed by atoms with Gasteiger partial charge in [0.1, 0.15) is 12.3 Å². The van der Waals surface area contributed by atoms with E-state index in [0.29, 0.717) is 12.8 Å². The molecule has 1 N–H and O–H groups in total. The summed E-state index contributed by atoms with van der Waals surface area (Å²) in [6.07, 6.45) is 11.2. The summed E-state index contributed by atoms with van der Waals surface area (Å²) in [5.74, 6) is -0.757. The van der Waals surface area contributed by atoms with Crippen molar-refractivity contribution in [2.24, 2.45) is 0 Å². The van der Waals surface area contributed by atoms with Crippen LogP contribution in [-0.2, 0) is 9.59 Å². The Morgan fingerprint density at radius 2 is 2.19 bits per heavy atom. The molecule has 0 saturated carbocycles. The lowest BCUT2D eigenvalue weighted by molar-refractivity contribution is -0.141. The Morgan fingerprint density at radius 3 is 2.88 bits per heavy atom. The summed E-state index contributed by atoms with van der Waals surface area (Å²) in [6, 6.07) is -0.375. The van der Waals surface area contributed by atoms with Crippen LogP contribution in [0.25, 0.3) is 0 Å². The number of rotatable bonds is 6. The highest BCUT2D eigenvalue weighted by Gasteiger charge is 2.27. The fraction of sp³-hybridized carbons (Fsp3) is 0.500. The number of hydrogen-bond donors (Lipinski definition) is 1. The first kappa shape index (κ1) is 12.5. The molecule has 0 radical (unpaired) electrons. The standard InChI is InChI=1S/C12H17NO3/c14-10-5-3-1-2-4-8-13-9-6-7-11(13)12(15)16/h1-2,4,8,10-11H,3,5-7,9H2,(H,15,16)/b2-1-,8-4+/t11-/m0/s1. The van der Waals surface area contributed by atoms with Crippen molar-refractivity contribution in [1.82, 2.24) is 4.90 Å². The lowest BCUT2D eigenvalue weighted by Gasteiger charge is -2.17. The third-order valence-electron chi connectivity index (χ3n) is 2.56. The molecule has 0 amide bonds. The average Bonchev–Trinajstić information content (AvgIpc) is 2.71. The Morgan fingerprint density at radius 1 is 1.38 bits per heavy atom. The van der Waals surface area contributed by atoms with E-state index < -0.39 is 5.97 Å². The Bertz CT molecular complexity index is 297. The van der Waals surface area contributed by atoms with Crippen LogP contribution in [0.4, 0.5) is 0 Å². The fourth-order valence-electron chi connectivity index (χ4n) is 1.73. The molecular weight excluding hydrogens is 206 g/mol. The van der Waals surface area contributed by atoms with Gasteiger partial charge < -0.3 is 14.8 Å². The van der Waals surface area contributed by atoms with E-state index in [0.717, 1.165) is 25.7 Å². The van der Waals surface area contributed by atoms with E-state index in [1.54, 1.807) is 0 Å². The highest BCUT2D eigenvalue weighted by atomic mass is 16.4. The maximum Gasteiger partial charge on any atom is 0.326 e. The van der Waals surface area contributed by atoms with Crippen molar-refractivity contribution in [2.75, 3.05) is 6.54 Å². The molecule has 0 aromatic heterocycles. The fourth-order valence-corrected chi connectivity index (χ4v) is 1.73. The van der Waals surface area contributed by atoms with Gasteiger partial charge in [0.05, 0.1) is 0 Å². The average molecular weight is 223 g/mol. The second kappa shape index (κ2) is 6.82. The molecule has 1 saturated heterocycles. The number of carboxylic acid groups (broad SMARTS) is 1. The monoisotopic (exact) mass is 223 g/mol. The van der Waals surface area contributed by atoms with Gasteiger partial charge in [0.2, 0.25) is 0 Å². The summed E-state index contributed by atoms with van der Waals surface area (Å²) in [4.78, 5) is 22.7. The molecule has 1 rings (SSSR count). The molecule has 4 nitrogen and oxygen atoms in total. The summed E-state index contributed by atoms with van der Waals surface area (Å²) in [5.41, 5.74) is 0. The molecule has 0 spiro atoms. The Kier molecular flexibility index (Phi) is 5.32. The molecule has 1 aliphatic heterocycles. The maximum absolute atomic E-state index is 10.9. The number of carboxylic acids is 1. The van der Waals surface area contributed by atoms with Crippen molar-refractivity contribution in [1.29, 1.82) is 0 Å². The minimum absolute atomic E-state index is 0.375.